The molecule has 3 aromatic rings. The number of fused-ring (bicyclic) bond motifs is 1. The van der Waals surface area contributed by atoms with Gasteiger partial charge in [0.25, 0.3) is 0 Å². The van der Waals surface area contributed by atoms with Crippen LogP contribution >= 0.6 is 0 Å². The van der Waals surface area contributed by atoms with Crippen molar-refractivity contribution >= 4 is 0 Å². The fraction of sp³-hybridized carbons (Fsp3) is 0.483. The Kier molecular flexibility index (Phi) is 7.23. The van der Waals surface area contributed by atoms with Crippen LogP contribution in [0, 0.1) is 6.92 Å². The van der Waals surface area contributed by atoms with E-state index in [2.05, 4.69) is 46.0 Å². The minimum absolute atomic E-state index is 0.406. The molecule has 0 radical (unpaired) electrons. The third-order valence-electron chi connectivity index (χ3n) is 7.60. The number of nitrogens with zero attached hydrogens (tertiary/aromatic N) is 3. The van der Waals surface area contributed by atoms with Crippen LogP contribution in [0.1, 0.15) is 60.3 Å². The highest BCUT2D eigenvalue weighted by Gasteiger charge is 2.34. The number of likely N-dealkylation sites (tertiary alicyclic amines) is 1. The monoisotopic (exact) mass is 475 g/mol. The molecule has 0 saturated carbocycles. The SMILES string of the molecule is Cc1ccc([C@H](C)CCN2CCOc3ccc(CN4CCC(O)(c5cccnc5)CC4)cc3C2)o1. The molecule has 0 aliphatic carbocycles. The number of benzene rings is 1. The Morgan fingerprint density at radius 2 is 1.94 bits per heavy atom. The van der Waals surface area contributed by atoms with Crippen LogP contribution in [0.4, 0.5) is 0 Å². The van der Waals surface area contributed by atoms with Crippen LogP contribution in [-0.4, -0.2) is 52.7 Å². The standard InChI is InChI=1S/C29H37N3O3/c1-22(27-7-5-23(2)35-27)9-13-31-16-17-34-28-8-6-24(18-25(28)21-31)20-32-14-10-29(33,11-15-32)26-4-3-12-30-19-26/h3-8,12,18-19,22,33H,9-11,13-17,20-21H2,1-2H3/t22-/m1/s1. The highest BCUT2D eigenvalue weighted by molar-refractivity contribution is 5.38. The molecule has 0 bridgehead atoms. The van der Waals surface area contributed by atoms with Crippen LogP contribution in [0.5, 0.6) is 5.75 Å². The van der Waals surface area contributed by atoms with Gasteiger partial charge in [-0.15, -0.1) is 0 Å². The van der Waals surface area contributed by atoms with Gasteiger partial charge in [-0.1, -0.05) is 19.1 Å². The van der Waals surface area contributed by atoms with Crippen LogP contribution in [0.15, 0.2) is 59.3 Å². The summed E-state index contributed by atoms with van der Waals surface area (Å²) in [6, 6.07) is 14.7. The highest BCUT2D eigenvalue weighted by atomic mass is 16.5. The van der Waals surface area contributed by atoms with Gasteiger partial charge >= 0.3 is 0 Å². The van der Waals surface area contributed by atoms with Crippen molar-refractivity contribution < 1.29 is 14.3 Å². The minimum Gasteiger partial charge on any atom is -0.492 e. The van der Waals surface area contributed by atoms with E-state index < -0.39 is 5.60 Å². The number of pyridine rings is 1. The Hall–Kier alpha value is -2.67. The summed E-state index contributed by atoms with van der Waals surface area (Å²) in [6.07, 6.45) is 6.08. The zero-order chi connectivity index (χ0) is 24.3. The first-order valence-corrected chi connectivity index (χ1v) is 12.9. The smallest absolute Gasteiger partial charge is 0.123 e. The van der Waals surface area contributed by atoms with Crippen molar-refractivity contribution in [1.82, 2.24) is 14.8 Å². The first kappa shape index (κ1) is 24.0. The summed E-state index contributed by atoms with van der Waals surface area (Å²) < 4.78 is 11.9. The zero-order valence-electron chi connectivity index (χ0n) is 20.9. The quantitative estimate of drug-likeness (QED) is 0.527. The molecule has 35 heavy (non-hydrogen) atoms. The Morgan fingerprint density at radius 1 is 1.09 bits per heavy atom. The second-order valence-electron chi connectivity index (χ2n) is 10.3. The molecule has 1 atom stereocenters. The van der Waals surface area contributed by atoms with Crippen LogP contribution in [-0.2, 0) is 18.7 Å². The van der Waals surface area contributed by atoms with Gasteiger partial charge in [-0.2, -0.15) is 0 Å². The summed E-state index contributed by atoms with van der Waals surface area (Å²) in [5.74, 6) is 3.47. The predicted octanol–water partition coefficient (Wildman–Crippen LogP) is 4.85. The fourth-order valence-corrected chi connectivity index (χ4v) is 5.29. The van der Waals surface area contributed by atoms with Crippen molar-refractivity contribution in [2.45, 2.75) is 57.7 Å². The first-order chi connectivity index (χ1) is 17.0. The molecule has 2 aliphatic heterocycles. The Labute approximate surface area is 208 Å². The molecule has 5 rings (SSSR count). The summed E-state index contributed by atoms with van der Waals surface area (Å²) in [5.41, 5.74) is 2.74. The van der Waals surface area contributed by atoms with Crippen LogP contribution in [0.3, 0.4) is 0 Å². The predicted molar refractivity (Wildman–Crippen MR) is 136 cm³/mol. The first-order valence-electron chi connectivity index (χ1n) is 12.9. The van der Waals surface area contributed by atoms with Crippen molar-refractivity contribution in [1.29, 1.82) is 0 Å². The van der Waals surface area contributed by atoms with E-state index >= 15 is 0 Å². The highest BCUT2D eigenvalue weighted by Crippen LogP contribution is 2.33. The lowest BCUT2D eigenvalue weighted by molar-refractivity contribution is -0.0279. The van der Waals surface area contributed by atoms with Gasteiger partial charge in [0.1, 0.15) is 23.9 Å². The molecule has 0 unspecified atom stereocenters. The van der Waals surface area contributed by atoms with Gasteiger partial charge in [0, 0.05) is 62.2 Å². The number of ether oxygens (including phenoxy) is 1. The van der Waals surface area contributed by atoms with Crippen LogP contribution < -0.4 is 4.74 Å². The van der Waals surface area contributed by atoms with Gasteiger partial charge in [-0.05, 0) is 68.6 Å². The number of hydrogen-bond acceptors (Lipinski definition) is 6. The van der Waals surface area contributed by atoms with Gasteiger partial charge < -0.3 is 14.3 Å². The van der Waals surface area contributed by atoms with E-state index in [0.29, 0.717) is 5.92 Å². The molecule has 1 saturated heterocycles. The molecular formula is C29H37N3O3. The van der Waals surface area contributed by atoms with Crippen molar-refractivity contribution in [3.63, 3.8) is 0 Å². The van der Waals surface area contributed by atoms with E-state index in [1.165, 1.54) is 11.1 Å². The maximum Gasteiger partial charge on any atom is 0.123 e. The molecule has 186 valence electrons. The Balaban J connectivity index is 1.17. The lowest BCUT2D eigenvalue weighted by Gasteiger charge is -2.38. The lowest BCUT2D eigenvalue weighted by atomic mass is 9.85. The second-order valence-corrected chi connectivity index (χ2v) is 10.3. The van der Waals surface area contributed by atoms with Gasteiger partial charge in [0.05, 0.1) is 5.60 Å². The number of aryl methyl sites for hydroxylation is 1. The lowest BCUT2D eigenvalue weighted by Crippen LogP contribution is -2.42. The van der Waals surface area contributed by atoms with Gasteiger partial charge in [0.15, 0.2) is 0 Å². The van der Waals surface area contributed by atoms with Gasteiger partial charge in [-0.3, -0.25) is 14.8 Å². The molecule has 2 aromatic heterocycles. The number of aliphatic hydroxyl groups is 1. The van der Waals surface area contributed by atoms with Crippen molar-refractivity contribution in [2.75, 3.05) is 32.8 Å². The summed E-state index contributed by atoms with van der Waals surface area (Å²) >= 11 is 0. The molecule has 1 fully saturated rings. The number of furan rings is 1. The molecule has 0 spiro atoms. The maximum absolute atomic E-state index is 11.1. The minimum atomic E-state index is -0.766. The van der Waals surface area contributed by atoms with Crippen LogP contribution in [0.2, 0.25) is 0 Å². The van der Waals surface area contributed by atoms with E-state index in [-0.39, 0.29) is 0 Å². The van der Waals surface area contributed by atoms with Crippen molar-refractivity contribution in [3.05, 3.63) is 83.1 Å². The average Bonchev–Trinajstić information content (AvgIpc) is 3.21. The molecular weight excluding hydrogens is 438 g/mol. The summed E-state index contributed by atoms with van der Waals surface area (Å²) in [4.78, 5) is 9.13. The Bertz CT molecular complexity index is 1110. The molecule has 1 aromatic carbocycles. The molecule has 1 N–H and O–H groups in total. The molecule has 6 heteroatoms. The van der Waals surface area contributed by atoms with E-state index in [1.807, 2.05) is 25.1 Å². The molecule has 0 amide bonds. The van der Waals surface area contributed by atoms with E-state index in [9.17, 15) is 5.11 Å². The normalized spacial score (nSPS) is 19.5. The topological polar surface area (TPSA) is 62.0 Å². The van der Waals surface area contributed by atoms with Crippen molar-refractivity contribution in [2.24, 2.45) is 0 Å². The second kappa shape index (κ2) is 10.5. The van der Waals surface area contributed by atoms with Gasteiger partial charge in [0.2, 0.25) is 0 Å². The number of rotatable bonds is 7. The molecule has 2 aliphatic rings. The third-order valence-corrected chi connectivity index (χ3v) is 7.60. The van der Waals surface area contributed by atoms with E-state index in [4.69, 9.17) is 9.15 Å². The van der Waals surface area contributed by atoms with E-state index in [1.54, 1.807) is 12.4 Å². The van der Waals surface area contributed by atoms with E-state index in [0.717, 1.165) is 88.0 Å². The molecule has 4 heterocycles. The molecule has 6 nitrogen and oxygen atoms in total. The summed E-state index contributed by atoms with van der Waals surface area (Å²) in [5, 5.41) is 11.1. The fourth-order valence-electron chi connectivity index (χ4n) is 5.29. The number of hydrogen-bond donors (Lipinski definition) is 1. The third kappa shape index (κ3) is 5.77. The Morgan fingerprint density at radius 3 is 2.69 bits per heavy atom. The van der Waals surface area contributed by atoms with Crippen LogP contribution in [0.25, 0.3) is 0 Å². The summed E-state index contributed by atoms with van der Waals surface area (Å²) in [7, 11) is 0. The maximum atomic E-state index is 11.1. The van der Waals surface area contributed by atoms with Crippen molar-refractivity contribution in [3.8, 4) is 5.75 Å². The number of piperidine rings is 1. The largest absolute Gasteiger partial charge is 0.492 e. The number of aromatic nitrogens is 1. The average molecular weight is 476 g/mol. The summed E-state index contributed by atoms with van der Waals surface area (Å²) in [6.45, 7) is 10.5. The zero-order valence-corrected chi connectivity index (χ0v) is 20.9. The van der Waals surface area contributed by atoms with Gasteiger partial charge in [-0.25, -0.2) is 0 Å².